The summed E-state index contributed by atoms with van der Waals surface area (Å²) in [5, 5.41) is 14.7. The van der Waals surface area contributed by atoms with E-state index in [2.05, 4.69) is 59.3 Å². The van der Waals surface area contributed by atoms with Crippen molar-refractivity contribution in [3.63, 3.8) is 0 Å². The molecule has 0 amide bonds. The Hall–Kier alpha value is -1.88. The van der Waals surface area contributed by atoms with Crippen molar-refractivity contribution in [2.45, 2.75) is 20.0 Å². The number of para-hydroxylation sites is 1. The number of nitrogens with zero attached hydrogens (tertiary/aromatic N) is 1. The van der Waals surface area contributed by atoms with E-state index in [0.29, 0.717) is 13.2 Å². The SMILES string of the molecule is CCn1c2ccccc2c2cc(CNCCOCCO)ccc21. The van der Waals surface area contributed by atoms with E-state index in [1.165, 1.54) is 27.4 Å². The molecule has 4 nitrogen and oxygen atoms in total. The van der Waals surface area contributed by atoms with Gasteiger partial charge in [0.05, 0.1) is 19.8 Å². The second-order valence-electron chi connectivity index (χ2n) is 5.63. The Morgan fingerprint density at radius 2 is 1.87 bits per heavy atom. The van der Waals surface area contributed by atoms with Gasteiger partial charge in [-0.1, -0.05) is 24.3 Å². The van der Waals surface area contributed by atoms with Gasteiger partial charge in [-0.3, -0.25) is 0 Å². The van der Waals surface area contributed by atoms with Crippen LogP contribution in [-0.2, 0) is 17.8 Å². The van der Waals surface area contributed by atoms with Gasteiger partial charge in [0.15, 0.2) is 0 Å². The Bertz CT molecular complexity index is 779. The smallest absolute Gasteiger partial charge is 0.0698 e. The van der Waals surface area contributed by atoms with E-state index in [9.17, 15) is 0 Å². The summed E-state index contributed by atoms with van der Waals surface area (Å²) in [6.45, 7) is 5.89. The Balaban J connectivity index is 1.78. The first kappa shape index (κ1) is 16.0. The van der Waals surface area contributed by atoms with E-state index in [-0.39, 0.29) is 6.61 Å². The molecule has 0 spiro atoms. The molecule has 3 aromatic rings. The predicted molar refractivity (Wildman–Crippen MR) is 94.7 cm³/mol. The molecule has 1 heterocycles. The lowest BCUT2D eigenvalue weighted by Crippen LogP contribution is -2.19. The third-order valence-electron chi connectivity index (χ3n) is 4.14. The number of rotatable bonds is 8. The number of aryl methyl sites for hydroxylation is 1. The molecule has 4 heteroatoms. The molecule has 23 heavy (non-hydrogen) atoms. The molecule has 2 aromatic carbocycles. The zero-order valence-corrected chi connectivity index (χ0v) is 13.6. The predicted octanol–water partition coefficient (Wildman–Crippen LogP) is 2.91. The van der Waals surface area contributed by atoms with Crippen LogP contribution in [0.25, 0.3) is 21.8 Å². The van der Waals surface area contributed by atoms with Crippen molar-refractivity contribution in [2.24, 2.45) is 0 Å². The summed E-state index contributed by atoms with van der Waals surface area (Å²) in [6.07, 6.45) is 0. The number of aliphatic hydroxyl groups is 1. The van der Waals surface area contributed by atoms with Crippen molar-refractivity contribution >= 4 is 21.8 Å². The normalized spacial score (nSPS) is 11.6. The van der Waals surface area contributed by atoms with Crippen LogP contribution in [0.5, 0.6) is 0 Å². The monoisotopic (exact) mass is 312 g/mol. The molecule has 0 unspecified atom stereocenters. The molecule has 0 aliphatic rings. The molecule has 0 aliphatic heterocycles. The van der Waals surface area contributed by atoms with Crippen LogP contribution in [0.4, 0.5) is 0 Å². The van der Waals surface area contributed by atoms with Crippen LogP contribution in [0, 0.1) is 0 Å². The number of nitrogens with one attached hydrogen (secondary N) is 1. The zero-order valence-electron chi connectivity index (χ0n) is 13.6. The first-order chi connectivity index (χ1) is 11.3. The maximum Gasteiger partial charge on any atom is 0.0698 e. The Morgan fingerprint density at radius 3 is 2.70 bits per heavy atom. The van der Waals surface area contributed by atoms with Gasteiger partial charge in [-0.05, 0) is 30.7 Å². The highest BCUT2D eigenvalue weighted by atomic mass is 16.5. The highest BCUT2D eigenvalue weighted by Crippen LogP contribution is 2.29. The Labute approximate surface area is 136 Å². The third-order valence-corrected chi connectivity index (χ3v) is 4.14. The van der Waals surface area contributed by atoms with Crippen LogP contribution in [0.1, 0.15) is 12.5 Å². The lowest BCUT2D eigenvalue weighted by atomic mass is 10.1. The van der Waals surface area contributed by atoms with Crippen molar-refractivity contribution in [3.05, 3.63) is 48.0 Å². The van der Waals surface area contributed by atoms with Gasteiger partial charge in [-0.15, -0.1) is 0 Å². The number of benzene rings is 2. The fourth-order valence-corrected chi connectivity index (χ4v) is 3.10. The van der Waals surface area contributed by atoms with Crippen LogP contribution < -0.4 is 5.32 Å². The van der Waals surface area contributed by atoms with Crippen LogP contribution in [0.15, 0.2) is 42.5 Å². The fourth-order valence-electron chi connectivity index (χ4n) is 3.10. The Kier molecular flexibility index (Phi) is 5.28. The van der Waals surface area contributed by atoms with E-state index in [1.807, 2.05) is 0 Å². The van der Waals surface area contributed by atoms with Gasteiger partial charge >= 0.3 is 0 Å². The van der Waals surface area contributed by atoms with Crippen molar-refractivity contribution in [2.75, 3.05) is 26.4 Å². The number of aliphatic hydroxyl groups excluding tert-OH is 1. The average molecular weight is 312 g/mol. The number of aromatic nitrogens is 1. The van der Waals surface area contributed by atoms with Crippen LogP contribution >= 0.6 is 0 Å². The molecular weight excluding hydrogens is 288 g/mol. The first-order valence-electron chi connectivity index (χ1n) is 8.24. The molecule has 0 radical (unpaired) electrons. The Morgan fingerprint density at radius 1 is 1.04 bits per heavy atom. The number of hydrogen-bond acceptors (Lipinski definition) is 3. The second kappa shape index (κ2) is 7.59. The van der Waals surface area contributed by atoms with Gasteiger partial charge in [0.1, 0.15) is 0 Å². The molecule has 0 saturated carbocycles. The molecule has 1 aromatic heterocycles. The minimum absolute atomic E-state index is 0.0815. The summed E-state index contributed by atoms with van der Waals surface area (Å²) in [7, 11) is 0. The summed E-state index contributed by atoms with van der Waals surface area (Å²) in [4.78, 5) is 0. The summed E-state index contributed by atoms with van der Waals surface area (Å²) < 4.78 is 7.62. The number of hydrogen-bond donors (Lipinski definition) is 2. The summed E-state index contributed by atoms with van der Waals surface area (Å²) in [6, 6.07) is 15.3. The van der Waals surface area contributed by atoms with Crippen molar-refractivity contribution in [1.82, 2.24) is 9.88 Å². The fraction of sp³-hybridized carbons (Fsp3) is 0.368. The van der Waals surface area contributed by atoms with Gasteiger partial charge in [-0.25, -0.2) is 0 Å². The molecular formula is C19H24N2O2. The quantitative estimate of drug-likeness (QED) is 0.629. The maximum atomic E-state index is 8.66. The number of ether oxygens (including phenoxy) is 1. The molecule has 0 aliphatic carbocycles. The largest absolute Gasteiger partial charge is 0.394 e. The highest BCUT2D eigenvalue weighted by molar-refractivity contribution is 6.08. The van der Waals surface area contributed by atoms with Crippen LogP contribution in [-0.4, -0.2) is 36.0 Å². The summed E-state index contributed by atoms with van der Waals surface area (Å²) in [5.41, 5.74) is 3.87. The molecule has 0 bridgehead atoms. The third kappa shape index (κ3) is 3.39. The number of fused-ring (bicyclic) bond motifs is 3. The van der Waals surface area contributed by atoms with Crippen LogP contribution in [0.3, 0.4) is 0 Å². The highest BCUT2D eigenvalue weighted by Gasteiger charge is 2.09. The standard InChI is InChI=1S/C19H24N2O2/c1-2-21-18-6-4-3-5-16(18)17-13-15(7-8-19(17)21)14-20-9-11-23-12-10-22/h3-8,13,20,22H,2,9-12,14H2,1H3. The van der Waals surface area contributed by atoms with E-state index in [0.717, 1.165) is 19.6 Å². The van der Waals surface area contributed by atoms with Gasteiger partial charge in [0, 0.05) is 41.4 Å². The first-order valence-corrected chi connectivity index (χ1v) is 8.24. The van der Waals surface area contributed by atoms with Gasteiger partial charge in [0.2, 0.25) is 0 Å². The van der Waals surface area contributed by atoms with Crippen LogP contribution in [0.2, 0.25) is 0 Å². The lowest BCUT2D eigenvalue weighted by Gasteiger charge is -2.07. The molecule has 3 rings (SSSR count). The van der Waals surface area contributed by atoms with Crippen molar-refractivity contribution in [1.29, 1.82) is 0 Å². The molecule has 2 N–H and O–H groups in total. The summed E-state index contributed by atoms with van der Waals surface area (Å²) >= 11 is 0. The summed E-state index contributed by atoms with van der Waals surface area (Å²) in [5.74, 6) is 0. The lowest BCUT2D eigenvalue weighted by molar-refractivity contribution is 0.0938. The van der Waals surface area contributed by atoms with E-state index in [1.54, 1.807) is 0 Å². The van der Waals surface area contributed by atoms with E-state index < -0.39 is 0 Å². The van der Waals surface area contributed by atoms with Crippen molar-refractivity contribution < 1.29 is 9.84 Å². The van der Waals surface area contributed by atoms with E-state index in [4.69, 9.17) is 9.84 Å². The molecule has 0 atom stereocenters. The second-order valence-corrected chi connectivity index (χ2v) is 5.63. The minimum atomic E-state index is 0.0815. The molecule has 0 fully saturated rings. The molecule has 0 saturated heterocycles. The van der Waals surface area contributed by atoms with Gasteiger partial charge in [-0.2, -0.15) is 0 Å². The zero-order chi connectivity index (χ0) is 16.1. The van der Waals surface area contributed by atoms with Gasteiger partial charge < -0.3 is 19.7 Å². The maximum absolute atomic E-state index is 8.66. The van der Waals surface area contributed by atoms with Crippen molar-refractivity contribution in [3.8, 4) is 0 Å². The topological polar surface area (TPSA) is 46.4 Å². The average Bonchev–Trinajstić information content (AvgIpc) is 2.91. The van der Waals surface area contributed by atoms with E-state index >= 15 is 0 Å². The van der Waals surface area contributed by atoms with Gasteiger partial charge in [0.25, 0.3) is 0 Å². The molecule has 122 valence electrons. The minimum Gasteiger partial charge on any atom is -0.394 e.